The molecule has 0 fully saturated rings. The van der Waals surface area contributed by atoms with Gasteiger partial charge >= 0.3 is 24.7 Å². The molecule has 12 rings (SSSR count). The molecule has 0 bridgehead atoms. The molecule has 0 radical (unpaired) electrons. The lowest BCUT2D eigenvalue weighted by molar-refractivity contribution is -0.138. The van der Waals surface area contributed by atoms with Crippen LogP contribution >= 0.6 is 0 Å². The third-order valence-electron chi connectivity index (χ3n) is 15.8. The Labute approximate surface area is 489 Å². The van der Waals surface area contributed by atoms with Crippen LogP contribution in [0.25, 0.3) is 111 Å². The molecule has 0 saturated heterocycles. The topological polar surface area (TPSA) is 57.4 Å². The molecule has 0 N–H and O–H groups in total. The molecule has 0 aliphatic rings. The summed E-state index contributed by atoms with van der Waals surface area (Å²) in [6.07, 6.45) is -18.9. The lowest BCUT2D eigenvalue weighted by Crippen LogP contribution is -2.06. The van der Waals surface area contributed by atoms with Gasteiger partial charge in [-0.1, -0.05) is 78.9 Å². The minimum Gasteiger partial charge on any atom is -0.308 e. The van der Waals surface area contributed by atoms with E-state index in [4.69, 9.17) is 0 Å². The molecule has 0 atom stereocenters. The predicted octanol–water partition coefficient (Wildman–Crippen LogP) is 21.6. The van der Waals surface area contributed by atoms with E-state index in [1.54, 1.807) is 143 Å². The highest BCUT2D eigenvalue weighted by atomic mass is 19.4. The van der Waals surface area contributed by atoms with E-state index in [-0.39, 0.29) is 39.2 Å². The summed E-state index contributed by atoms with van der Waals surface area (Å²) < 4.78 is 177. The fourth-order valence-electron chi connectivity index (χ4n) is 12.0. The van der Waals surface area contributed by atoms with Gasteiger partial charge in [0.25, 0.3) is 0 Å². The van der Waals surface area contributed by atoms with Crippen molar-refractivity contribution in [2.75, 3.05) is 0 Å². The van der Waals surface area contributed by atoms with Crippen molar-refractivity contribution in [3.8, 4) is 79.1 Å². The Kier molecular flexibility index (Phi) is 13.6. The number of nitrogens with zero attached hydrogens (tertiary/aromatic N) is 4. The van der Waals surface area contributed by atoms with Crippen LogP contribution in [-0.2, 0) is 24.7 Å². The Bertz CT molecular complexity index is 4450. The van der Waals surface area contributed by atoms with Crippen molar-refractivity contribution in [3.63, 3.8) is 0 Å². The van der Waals surface area contributed by atoms with Gasteiger partial charge in [0, 0.05) is 21.5 Å². The second-order valence-electron chi connectivity index (χ2n) is 22.1. The van der Waals surface area contributed by atoms with E-state index >= 15 is 0 Å². The van der Waals surface area contributed by atoms with E-state index in [1.807, 2.05) is 0 Å². The molecule has 432 valence electrons. The fraction of sp³-hybridized carbons (Fsp3) is 0.127. The fourth-order valence-corrected chi connectivity index (χ4v) is 12.0. The van der Waals surface area contributed by atoms with E-state index < -0.39 is 47.0 Å². The zero-order chi connectivity index (χ0) is 62.0. The molecule has 16 heteroatoms. The number of halogens is 12. The van der Waals surface area contributed by atoms with Gasteiger partial charge < -0.3 is 9.13 Å². The van der Waals surface area contributed by atoms with Crippen LogP contribution in [0.15, 0.2) is 176 Å². The van der Waals surface area contributed by atoms with Gasteiger partial charge in [-0.15, -0.1) is 0 Å². The van der Waals surface area contributed by atoms with Crippen LogP contribution < -0.4 is 0 Å². The van der Waals surface area contributed by atoms with E-state index in [0.29, 0.717) is 110 Å². The normalized spacial score (nSPS) is 12.4. The standard InChI is InChI=1S/C71H44F12N4/c1-37-16-47(25-52(20-37)68(72,73)74)43-7-12-57-58-13-8-44(48-17-38(2)21-53(26-48)69(75,76)77)30-63(58)86(62(57)29-43)66-33-51(56-11-6-42(35-84)24-41(56)5)34-67(61(66)36-85)87-64-31-45(49-18-39(3)22-54(27-49)70(78,79)80)9-14-59(64)60-15-10-46(32-65(60)87)50-19-40(4)23-55(28-50)71(81,82)83/h6-34H,1-5H3. The summed E-state index contributed by atoms with van der Waals surface area (Å²) in [4.78, 5) is 0. The van der Waals surface area contributed by atoms with Crippen LogP contribution in [0.4, 0.5) is 52.7 Å². The molecular formula is C71H44F12N4. The number of aromatic nitrogens is 2. The Hall–Kier alpha value is -10.1. The summed E-state index contributed by atoms with van der Waals surface area (Å²) in [7, 11) is 0. The third kappa shape index (κ3) is 10.5. The first kappa shape index (κ1) is 57.4. The van der Waals surface area contributed by atoms with Crippen molar-refractivity contribution in [3.05, 3.63) is 237 Å². The number of hydrogen-bond donors (Lipinski definition) is 0. The van der Waals surface area contributed by atoms with Crippen molar-refractivity contribution < 1.29 is 52.7 Å². The number of rotatable bonds is 7. The third-order valence-corrected chi connectivity index (χ3v) is 15.8. The van der Waals surface area contributed by atoms with E-state index in [1.165, 1.54) is 27.7 Å². The first-order valence-electron chi connectivity index (χ1n) is 27.1. The second kappa shape index (κ2) is 20.6. The molecular weight excluding hydrogens is 1140 g/mol. The highest BCUT2D eigenvalue weighted by molar-refractivity contribution is 6.13. The number of fused-ring (bicyclic) bond motifs is 6. The maximum Gasteiger partial charge on any atom is 0.416 e. The van der Waals surface area contributed by atoms with E-state index in [2.05, 4.69) is 12.1 Å². The molecule has 0 aliphatic carbocycles. The van der Waals surface area contributed by atoms with Crippen LogP contribution in [0.1, 0.15) is 61.2 Å². The first-order chi connectivity index (χ1) is 41.0. The minimum absolute atomic E-state index is 0.0519. The Balaban J connectivity index is 1.24. The molecule has 0 saturated carbocycles. The first-order valence-corrected chi connectivity index (χ1v) is 27.1. The molecule has 0 amide bonds. The maximum absolute atomic E-state index is 14.5. The average molecular weight is 1180 g/mol. The van der Waals surface area contributed by atoms with Gasteiger partial charge in [-0.2, -0.15) is 63.2 Å². The summed E-state index contributed by atoms with van der Waals surface area (Å²) in [6, 6.07) is 47.7. The molecule has 0 aliphatic heterocycles. The second-order valence-corrected chi connectivity index (χ2v) is 22.1. The zero-order valence-electron chi connectivity index (χ0n) is 46.6. The molecule has 10 aromatic carbocycles. The summed E-state index contributed by atoms with van der Waals surface area (Å²) in [5, 5.41) is 24.2. The number of hydrogen-bond acceptors (Lipinski definition) is 2. The highest BCUT2D eigenvalue weighted by Crippen LogP contribution is 2.46. The average Bonchev–Trinajstić information content (AvgIpc) is 1.65. The van der Waals surface area contributed by atoms with Crippen molar-refractivity contribution >= 4 is 43.6 Å². The van der Waals surface area contributed by atoms with Crippen molar-refractivity contribution in [1.82, 2.24) is 9.13 Å². The number of alkyl halides is 12. The summed E-state index contributed by atoms with van der Waals surface area (Å²) in [6.45, 7) is 7.90. The molecule has 12 aromatic rings. The van der Waals surface area contributed by atoms with E-state index in [0.717, 1.165) is 48.5 Å². The highest BCUT2D eigenvalue weighted by Gasteiger charge is 2.35. The van der Waals surface area contributed by atoms with Gasteiger partial charge in [0.05, 0.1) is 67.3 Å². The quantitative estimate of drug-likeness (QED) is 0.149. The largest absolute Gasteiger partial charge is 0.416 e. The Morgan fingerprint density at radius 3 is 0.851 bits per heavy atom. The maximum atomic E-state index is 14.5. The summed E-state index contributed by atoms with van der Waals surface area (Å²) in [5.74, 6) is 0. The van der Waals surface area contributed by atoms with Gasteiger partial charge in [-0.25, -0.2) is 0 Å². The molecule has 0 spiro atoms. The summed E-state index contributed by atoms with van der Waals surface area (Å²) in [5.41, 5.74) is 3.44. The lowest BCUT2D eigenvalue weighted by Gasteiger charge is -2.20. The predicted molar refractivity (Wildman–Crippen MR) is 315 cm³/mol. The van der Waals surface area contributed by atoms with Crippen LogP contribution in [0.2, 0.25) is 0 Å². The summed E-state index contributed by atoms with van der Waals surface area (Å²) >= 11 is 0. The van der Waals surface area contributed by atoms with Crippen molar-refractivity contribution in [2.45, 2.75) is 59.3 Å². The van der Waals surface area contributed by atoms with Gasteiger partial charge in [-0.05, 0) is 215 Å². The molecule has 0 unspecified atom stereocenters. The number of nitriles is 2. The molecule has 4 nitrogen and oxygen atoms in total. The SMILES string of the molecule is Cc1cc(-c2ccc3c4ccc(-c5cc(C)cc(C(F)(F)F)c5)cc4n(-c4cc(-c5ccc(C#N)cc5C)cc(-n5c6cc(-c7cc(C)cc(C(F)(F)F)c7)ccc6c6ccc(-c7cc(C)cc(C(F)(F)F)c7)cc65)c4C#N)c3c2)cc(C(F)(F)F)c1. The van der Waals surface area contributed by atoms with E-state index in [9.17, 15) is 63.2 Å². The van der Waals surface area contributed by atoms with Gasteiger partial charge in [0.15, 0.2) is 0 Å². The van der Waals surface area contributed by atoms with Crippen LogP contribution in [0.3, 0.4) is 0 Å². The molecule has 87 heavy (non-hydrogen) atoms. The zero-order valence-corrected chi connectivity index (χ0v) is 46.6. The smallest absolute Gasteiger partial charge is 0.308 e. The van der Waals surface area contributed by atoms with Crippen molar-refractivity contribution in [1.29, 1.82) is 10.5 Å². The monoisotopic (exact) mass is 1180 g/mol. The van der Waals surface area contributed by atoms with Crippen LogP contribution in [-0.4, -0.2) is 9.13 Å². The van der Waals surface area contributed by atoms with Gasteiger partial charge in [0.2, 0.25) is 0 Å². The number of aryl methyl sites for hydroxylation is 5. The minimum atomic E-state index is -4.72. The Morgan fingerprint density at radius 1 is 0.299 bits per heavy atom. The lowest BCUT2D eigenvalue weighted by atomic mass is 9.95. The van der Waals surface area contributed by atoms with Crippen LogP contribution in [0.5, 0.6) is 0 Å². The Morgan fingerprint density at radius 2 is 0.598 bits per heavy atom. The van der Waals surface area contributed by atoms with Crippen molar-refractivity contribution in [2.24, 2.45) is 0 Å². The van der Waals surface area contributed by atoms with Crippen LogP contribution in [0, 0.1) is 57.3 Å². The van der Waals surface area contributed by atoms with Gasteiger partial charge in [0.1, 0.15) is 11.6 Å². The number of benzene rings is 10. The molecule has 2 aromatic heterocycles. The molecule has 2 heterocycles. The van der Waals surface area contributed by atoms with Gasteiger partial charge in [-0.3, -0.25) is 0 Å².